The molecular formula is C12H18O7. The number of esters is 3. The molecule has 0 aromatic carbocycles. The molecule has 0 saturated carbocycles. The SMILES string of the molecule is CC(=O)OC1C[C@H](OC(C)=O)[C@@H](OC(C)=O)[C@H](C)O1. The molecule has 1 rings (SSSR count). The zero-order chi connectivity index (χ0) is 14.6. The van der Waals surface area contributed by atoms with Crippen molar-refractivity contribution >= 4 is 17.9 Å². The zero-order valence-electron chi connectivity index (χ0n) is 11.4. The molecule has 0 aromatic heterocycles. The number of carbonyl (C=O) groups excluding carboxylic acids is 3. The minimum atomic E-state index is -0.816. The second-order valence-corrected chi connectivity index (χ2v) is 4.34. The Morgan fingerprint density at radius 3 is 1.95 bits per heavy atom. The van der Waals surface area contributed by atoms with Gasteiger partial charge in [0.05, 0.1) is 12.5 Å². The van der Waals surface area contributed by atoms with Gasteiger partial charge in [0, 0.05) is 20.8 Å². The maximum absolute atomic E-state index is 11.1. The minimum absolute atomic E-state index is 0.126. The van der Waals surface area contributed by atoms with E-state index in [4.69, 9.17) is 18.9 Å². The summed E-state index contributed by atoms with van der Waals surface area (Å²) in [4.78, 5) is 33.0. The van der Waals surface area contributed by atoms with Gasteiger partial charge in [0.2, 0.25) is 6.29 Å². The highest BCUT2D eigenvalue weighted by Crippen LogP contribution is 2.26. The Hall–Kier alpha value is -1.63. The Bertz CT molecular complexity index is 365. The Kier molecular flexibility index (Phi) is 5.29. The van der Waals surface area contributed by atoms with Crippen LogP contribution in [-0.2, 0) is 33.3 Å². The van der Waals surface area contributed by atoms with Crippen molar-refractivity contribution in [3.63, 3.8) is 0 Å². The molecule has 1 fully saturated rings. The van der Waals surface area contributed by atoms with Crippen LogP contribution in [0.4, 0.5) is 0 Å². The van der Waals surface area contributed by atoms with E-state index in [-0.39, 0.29) is 6.42 Å². The smallest absolute Gasteiger partial charge is 0.304 e. The first-order valence-corrected chi connectivity index (χ1v) is 5.96. The molecule has 1 aliphatic rings. The van der Waals surface area contributed by atoms with Crippen LogP contribution in [0, 0.1) is 0 Å². The first-order valence-electron chi connectivity index (χ1n) is 5.96. The molecule has 108 valence electrons. The van der Waals surface area contributed by atoms with E-state index in [1.165, 1.54) is 20.8 Å². The summed E-state index contributed by atoms with van der Waals surface area (Å²) in [7, 11) is 0. The highest BCUT2D eigenvalue weighted by atomic mass is 16.7. The van der Waals surface area contributed by atoms with E-state index in [9.17, 15) is 14.4 Å². The molecule has 0 N–H and O–H groups in total. The van der Waals surface area contributed by atoms with E-state index in [1.807, 2.05) is 0 Å². The molecule has 1 unspecified atom stereocenters. The first-order chi connectivity index (χ1) is 8.79. The van der Waals surface area contributed by atoms with Crippen LogP contribution >= 0.6 is 0 Å². The van der Waals surface area contributed by atoms with Gasteiger partial charge in [0.15, 0.2) is 6.10 Å². The quantitative estimate of drug-likeness (QED) is 0.548. The van der Waals surface area contributed by atoms with E-state index in [0.29, 0.717) is 0 Å². The van der Waals surface area contributed by atoms with Gasteiger partial charge >= 0.3 is 17.9 Å². The summed E-state index contributed by atoms with van der Waals surface area (Å²) in [6, 6.07) is 0. The molecule has 0 bridgehead atoms. The van der Waals surface area contributed by atoms with Gasteiger partial charge in [0.25, 0.3) is 0 Å². The summed E-state index contributed by atoms with van der Waals surface area (Å²) >= 11 is 0. The lowest BCUT2D eigenvalue weighted by molar-refractivity contribution is -0.250. The summed E-state index contributed by atoms with van der Waals surface area (Å²) < 4.78 is 20.5. The molecule has 0 spiro atoms. The Labute approximate surface area is 111 Å². The van der Waals surface area contributed by atoms with Crippen molar-refractivity contribution in [3.8, 4) is 0 Å². The third-order valence-electron chi connectivity index (χ3n) is 2.54. The third kappa shape index (κ3) is 4.86. The van der Waals surface area contributed by atoms with Gasteiger partial charge in [-0.3, -0.25) is 14.4 Å². The normalized spacial score (nSPS) is 30.3. The molecule has 1 heterocycles. The Balaban J connectivity index is 2.77. The lowest BCUT2D eigenvalue weighted by Crippen LogP contribution is -2.51. The standard InChI is InChI=1S/C12H18O7/c1-6-12(19-9(4)15)10(17-7(2)13)5-11(16-6)18-8(3)14/h6,10-12H,5H2,1-4H3/t6-,10-,11?,12-/m0/s1. The molecule has 7 heteroatoms. The van der Waals surface area contributed by atoms with Crippen LogP contribution in [0.25, 0.3) is 0 Å². The van der Waals surface area contributed by atoms with Crippen LogP contribution in [0.3, 0.4) is 0 Å². The van der Waals surface area contributed by atoms with Crippen molar-refractivity contribution < 1.29 is 33.3 Å². The molecule has 0 radical (unpaired) electrons. The van der Waals surface area contributed by atoms with Crippen LogP contribution in [0.15, 0.2) is 0 Å². The fraction of sp³-hybridized carbons (Fsp3) is 0.750. The predicted molar refractivity (Wildman–Crippen MR) is 61.8 cm³/mol. The predicted octanol–water partition coefficient (Wildman–Crippen LogP) is 0.548. The van der Waals surface area contributed by atoms with Crippen LogP contribution in [0.5, 0.6) is 0 Å². The fourth-order valence-electron chi connectivity index (χ4n) is 1.95. The van der Waals surface area contributed by atoms with E-state index in [0.717, 1.165) is 0 Å². The Morgan fingerprint density at radius 2 is 1.47 bits per heavy atom. The van der Waals surface area contributed by atoms with Gasteiger partial charge in [-0.1, -0.05) is 0 Å². The van der Waals surface area contributed by atoms with E-state index in [1.54, 1.807) is 6.92 Å². The lowest BCUT2D eigenvalue weighted by Gasteiger charge is -2.38. The van der Waals surface area contributed by atoms with Gasteiger partial charge in [-0.2, -0.15) is 0 Å². The summed E-state index contributed by atoms with van der Waals surface area (Å²) in [6.07, 6.45) is -2.65. The monoisotopic (exact) mass is 274 g/mol. The summed E-state index contributed by atoms with van der Waals surface area (Å²) in [5.41, 5.74) is 0. The highest BCUT2D eigenvalue weighted by molar-refractivity contribution is 5.67. The molecule has 19 heavy (non-hydrogen) atoms. The van der Waals surface area contributed by atoms with E-state index >= 15 is 0 Å². The number of hydrogen-bond acceptors (Lipinski definition) is 7. The first kappa shape index (κ1) is 15.4. The summed E-state index contributed by atoms with van der Waals surface area (Å²) in [5, 5.41) is 0. The van der Waals surface area contributed by atoms with Gasteiger partial charge < -0.3 is 18.9 Å². The lowest BCUT2D eigenvalue weighted by atomic mass is 10.0. The maximum atomic E-state index is 11.1. The minimum Gasteiger partial charge on any atom is -0.458 e. The van der Waals surface area contributed by atoms with Crippen molar-refractivity contribution in [1.29, 1.82) is 0 Å². The molecule has 0 aromatic rings. The number of carbonyl (C=O) groups is 3. The largest absolute Gasteiger partial charge is 0.458 e. The second-order valence-electron chi connectivity index (χ2n) is 4.34. The zero-order valence-corrected chi connectivity index (χ0v) is 11.4. The van der Waals surface area contributed by atoms with Crippen LogP contribution in [0.2, 0.25) is 0 Å². The summed E-state index contributed by atoms with van der Waals surface area (Å²) in [6.45, 7) is 5.42. The van der Waals surface area contributed by atoms with Crippen LogP contribution < -0.4 is 0 Å². The summed E-state index contributed by atoms with van der Waals surface area (Å²) in [5.74, 6) is -1.49. The van der Waals surface area contributed by atoms with Crippen molar-refractivity contribution in [1.82, 2.24) is 0 Å². The fourth-order valence-corrected chi connectivity index (χ4v) is 1.95. The molecular weight excluding hydrogens is 256 g/mol. The van der Waals surface area contributed by atoms with Gasteiger partial charge in [0.1, 0.15) is 6.10 Å². The van der Waals surface area contributed by atoms with Gasteiger partial charge in [-0.05, 0) is 6.92 Å². The molecule has 1 aliphatic heterocycles. The average Bonchev–Trinajstić information content (AvgIpc) is 2.21. The number of ether oxygens (including phenoxy) is 4. The topological polar surface area (TPSA) is 88.1 Å². The van der Waals surface area contributed by atoms with Crippen LogP contribution in [0.1, 0.15) is 34.1 Å². The third-order valence-corrected chi connectivity index (χ3v) is 2.54. The van der Waals surface area contributed by atoms with Crippen molar-refractivity contribution in [2.75, 3.05) is 0 Å². The molecule has 4 atom stereocenters. The van der Waals surface area contributed by atoms with Crippen LogP contribution in [-0.4, -0.2) is 42.5 Å². The molecule has 1 saturated heterocycles. The highest BCUT2D eigenvalue weighted by Gasteiger charge is 2.42. The maximum Gasteiger partial charge on any atom is 0.304 e. The van der Waals surface area contributed by atoms with Gasteiger partial charge in [-0.15, -0.1) is 0 Å². The Morgan fingerprint density at radius 1 is 0.947 bits per heavy atom. The molecule has 7 nitrogen and oxygen atoms in total. The number of hydrogen-bond donors (Lipinski definition) is 0. The average molecular weight is 274 g/mol. The van der Waals surface area contributed by atoms with Crippen molar-refractivity contribution in [3.05, 3.63) is 0 Å². The van der Waals surface area contributed by atoms with Crippen molar-refractivity contribution in [2.45, 2.75) is 58.7 Å². The van der Waals surface area contributed by atoms with E-state index in [2.05, 4.69) is 0 Å². The molecule has 0 amide bonds. The second kappa shape index (κ2) is 6.51. The van der Waals surface area contributed by atoms with Crippen molar-refractivity contribution in [2.24, 2.45) is 0 Å². The number of rotatable bonds is 3. The molecule has 0 aliphatic carbocycles. The van der Waals surface area contributed by atoms with E-state index < -0.39 is 42.5 Å². The van der Waals surface area contributed by atoms with Gasteiger partial charge in [-0.25, -0.2) is 0 Å².